The molecule has 5 nitrogen and oxygen atoms in total. The minimum absolute atomic E-state index is 0.0879. The van der Waals surface area contributed by atoms with Crippen LogP contribution in [0.2, 0.25) is 0 Å². The molecule has 0 aromatic heterocycles. The van der Waals surface area contributed by atoms with Crippen LogP contribution in [0.1, 0.15) is 72.3 Å². The Kier molecular flexibility index (Phi) is 6.43. The van der Waals surface area contributed by atoms with Crippen molar-refractivity contribution in [1.29, 1.82) is 0 Å². The lowest BCUT2D eigenvalue weighted by atomic mass is 9.84. The first-order valence-electron chi connectivity index (χ1n) is 9.66. The van der Waals surface area contributed by atoms with Crippen LogP contribution in [0.5, 0.6) is 5.75 Å². The van der Waals surface area contributed by atoms with E-state index in [0.29, 0.717) is 18.2 Å². The maximum Gasteiger partial charge on any atom is 0.410 e. The maximum absolute atomic E-state index is 12.5. The van der Waals surface area contributed by atoms with Gasteiger partial charge in [0.05, 0.1) is 11.8 Å². The first-order chi connectivity index (χ1) is 12.1. The Morgan fingerprint density at radius 2 is 2.04 bits per heavy atom. The van der Waals surface area contributed by atoms with Crippen molar-refractivity contribution in [3.05, 3.63) is 23.8 Å². The third-order valence-corrected chi connectivity index (χ3v) is 4.69. The molecule has 0 radical (unpaired) electrons. The highest BCUT2D eigenvalue weighted by molar-refractivity contribution is 5.68. The zero-order valence-electron chi connectivity index (χ0n) is 17.0. The molecule has 1 amide bonds. The smallest absolute Gasteiger partial charge is 0.410 e. The molecular weight excluding hydrogens is 328 g/mol. The number of nitrogens with two attached hydrogens (primary N) is 1. The second kappa shape index (κ2) is 8.19. The highest BCUT2D eigenvalue weighted by atomic mass is 16.6. The number of benzene rings is 1. The summed E-state index contributed by atoms with van der Waals surface area (Å²) in [4.78, 5) is 14.4. The van der Waals surface area contributed by atoms with E-state index in [1.54, 1.807) is 0 Å². The van der Waals surface area contributed by atoms with E-state index in [2.05, 4.69) is 19.1 Å². The summed E-state index contributed by atoms with van der Waals surface area (Å²) < 4.78 is 11.4. The van der Waals surface area contributed by atoms with Crippen LogP contribution in [-0.2, 0) is 4.74 Å². The number of rotatable bonds is 4. The Hall–Kier alpha value is -1.91. The SMILES string of the molecule is CCC1CC(c2ccc(N)c(OC(C)C)c2)CCN1C(=O)OC(C)(C)C. The van der Waals surface area contributed by atoms with Crippen LogP contribution in [-0.4, -0.2) is 35.3 Å². The van der Waals surface area contributed by atoms with Gasteiger partial charge in [-0.2, -0.15) is 0 Å². The van der Waals surface area contributed by atoms with Gasteiger partial charge in [-0.05, 0) is 77.5 Å². The van der Waals surface area contributed by atoms with Gasteiger partial charge in [-0.1, -0.05) is 13.0 Å². The normalized spacial score (nSPS) is 21.0. The van der Waals surface area contributed by atoms with Gasteiger partial charge in [-0.15, -0.1) is 0 Å². The number of amides is 1. The molecule has 2 atom stereocenters. The topological polar surface area (TPSA) is 64.8 Å². The third kappa shape index (κ3) is 5.29. The van der Waals surface area contributed by atoms with Crippen LogP contribution in [0.25, 0.3) is 0 Å². The van der Waals surface area contributed by atoms with Crippen LogP contribution >= 0.6 is 0 Å². The molecule has 146 valence electrons. The summed E-state index contributed by atoms with van der Waals surface area (Å²) >= 11 is 0. The molecule has 1 fully saturated rings. The van der Waals surface area contributed by atoms with E-state index in [-0.39, 0.29) is 18.2 Å². The highest BCUT2D eigenvalue weighted by Gasteiger charge is 2.34. The number of ether oxygens (including phenoxy) is 2. The lowest BCUT2D eigenvalue weighted by Crippen LogP contribution is -2.47. The van der Waals surface area contributed by atoms with E-state index in [9.17, 15) is 4.79 Å². The van der Waals surface area contributed by atoms with E-state index >= 15 is 0 Å². The van der Waals surface area contributed by atoms with E-state index in [1.807, 2.05) is 45.6 Å². The molecule has 0 aliphatic carbocycles. The van der Waals surface area contributed by atoms with Crippen molar-refractivity contribution in [3.8, 4) is 5.75 Å². The number of anilines is 1. The number of carbonyl (C=O) groups is 1. The lowest BCUT2D eigenvalue weighted by Gasteiger charge is -2.40. The molecule has 0 spiro atoms. The average Bonchev–Trinajstić information content (AvgIpc) is 2.54. The largest absolute Gasteiger partial charge is 0.489 e. The molecule has 1 aliphatic rings. The molecule has 1 aliphatic heterocycles. The minimum atomic E-state index is -0.466. The number of likely N-dealkylation sites (tertiary alicyclic amines) is 1. The van der Waals surface area contributed by atoms with Gasteiger partial charge < -0.3 is 20.1 Å². The standard InChI is InChI=1S/C21H34N2O3/c1-7-17-12-16(10-11-23(17)20(24)26-21(4,5)6)15-8-9-18(22)19(13-15)25-14(2)3/h8-9,13-14,16-17H,7,10-12,22H2,1-6H3. The van der Waals surface area contributed by atoms with Gasteiger partial charge in [0, 0.05) is 12.6 Å². The fraction of sp³-hybridized carbons (Fsp3) is 0.667. The number of carbonyl (C=O) groups excluding carboxylic acids is 1. The molecule has 1 aromatic rings. The van der Waals surface area contributed by atoms with E-state index in [0.717, 1.165) is 25.0 Å². The molecule has 2 unspecified atom stereocenters. The fourth-order valence-corrected chi connectivity index (χ4v) is 3.46. The number of hydrogen-bond donors (Lipinski definition) is 1. The number of nitrogens with zero attached hydrogens (tertiary/aromatic N) is 1. The molecule has 0 bridgehead atoms. The first kappa shape index (κ1) is 20.4. The molecule has 2 rings (SSSR count). The third-order valence-electron chi connectivity index (χ3n) is 4.69. The van der Waals surface area contributed by atoms with Crippen molar-refractivity contribution in [1.82, 2.24) is 4.90 Å². The summed E-state index contributed by atoms with van der Waals surface area (Å²) in [6, 6.07) is 6.27. The predicted molar refractivity (Wildman–Crippen MR) is 106 cm³/mol. The van der Waals surface area contributed by atoms with Gasteiger partial charge in [0.15, 0.2) is 0 Å². The van der Waals surface area contributed by atoms with Gasteiger partial charge in [-0.25, -0.2) is 4.79 Å². The molecule has 0 saturated carbocycles. The van der Waals surface area contributed by atoms with Crippen LogP contribution in [0, 0.1) is 0 Å². The second-order valence-electron chi connectivity index (χ2n) is 8.42. The fourth-order valence-electron chi connectivity index (χ4n) is 3.46. The zero-order chi connectivity index (χ0) is 19.5. The van der Waals surface area contributed by atoms with Gasteiger partial charge >= 0.3 is 6.09 Å². The van der Waals surface area contributed by atoms with Gasteiger partial charge in [0.2, 0.25) is 0 Å². The Morgan fingerprint density at radius 3 is 2.62 bits per heavy atom. The van der Waals surface area contributed by atoms with E-state index in [4.69, 9.17) is 15.2 Å². The Labute approximate surface area is 157 Å². The maximum atomic E-state index is 12.5. The summed E-state index contributed by atoms with van der Waals surface area (Å²) in [5, 5.41) is 0. The average molecular weight is 363 g/mol. The van der Waals surface area contributed by atoms with Crippen LogP contribution in [0.15, 0.2) is 18.2 Å². The zero-order valence-corrected chi connectivity index (χ0v) is 17.0. The second-order valence-corrected chi connectivity index (χ2v) is 8.42. The summed E-state index contributed by atoms with van der Waals surface area (Å²) in [6.07, 6.45) is 2.65. The van der Waals surface area contributed by atoms with Gasteiger partial charge in [-0.3, -0.25) is 0 Å². The van der Waals surface area contributed by atoms with Crippen molar-refractivity contribution in [3.63, 3.8) is 0 Å². The van der Waals surface area contributed by atoms with E-state index < -0.39 is 5.60 Å². The minimum Gasteiger partial charge on any atom is -0.489 e. The Bertz CT molecular complexity index is 622. The van der Waals surface area contributed by atoms with Gasteiger partial charge in [0.25, 0.3) is 0 Å². The first-order valence-corrected chi connectivity index (χ1v) is 9.66. The molecule has 2 N–H and O–H groups in total. The van der Waals surface area contributed by atoms with Gasteiger partial charge in [0.1, 0.15) is 11.4 Å². The van der Waals surface area contributed by atoms with Crippen molar-refractivity contribution < 1.29 is 14.3 Å². The molecular formula is C21H34N2O3. The van der Waals surface area contributed by atoms with Crippen molar-refractivity contribution >= 4 is 11.8 Å². The van der Waals surface area contributed by atoms with Crippen LogP contribution < -0.4 is 10.5 Å². The molecule has 5 heteroatoms. The monoisotopic (exact) mass is 362 g/mol. The van der Waals surface area contributed by atoms with E-state index in [1.165, 1.54) is 5.56 Å². The number of hydrogen-bond acceptors (Lipinski definition) is 4. The van der Waals surface area contributed by atoms with Crippen molar-refractivity contribution in [2.45, 2.75) is 84.5 Å². The quantitative estimate of drug-likeness (QED) is 0.770. The molecule has 1 aromatic carbocycles. The Balaban J connectivity index is 2.12. The molecule has 1 saturated heterocycles. The van der Waals surface area contributed by atoms with Crippen LogP contribution in [0.4, 0.5) is 10.5 Å². The number of nitrogen functional groups attached to an aromatic ring is 1. The summed E-state index contributed by atoms with van der Waals surface area (Å²) in [5.74, 6) is 1.15. The highest BCUT2D eigenvalue weighted by Crippen LogP contribution is 2.36. The summed E-state index contributed by atoms with van der Waals surface area (Å²) in [7, 11) is 0. The van der Waals surface area contributed by atoms with Crippen molar-refractivity contribution in [2.24, 2.45) is 0 Å². The van der Waals surface area contributed by atoms with Crippen molar-refractivity contribution in [2.75, 3.05) is 12.3 Å². The Morgan fingerprint density at radius 1 is 1.35 bits per heavy atom. The summed E-state index contributed by atoms with van der Waals surface area (Å²) in [6.45, 7) is 12.6. The lowest BCUT2D eigenvalue weighted by molar-refractivity contribution is 0.00756. The summed E-state index contributed by atoms with van der Waals surface area (Å²) in [5.41, 5.74) is 7.48. The molecule has 26 heavy (non-hydrogen) atoms. The predicted octanol–water partition coefficient (Wildman–Crippen LogP) is 4.95. The van der Waals surface area contributed by atoms with Crippen LogP contribution in [0.3, 0.4) is 0 Å². The number of piperidine rings is 1. The molecule has 1 heterocycles.